The summed E-state index contributed by atoms with van der Waals surface area (Å²) in [5.41, 5.74) is 5.53. The number of hydrogen-bond acceptors (Lipinski definition) is 3. The van der Waals surface area contributed by atoms with Crippen LogP contribution in [0.1, 0.15) is 39.3 Å². The number of carbonyl (C=O) groups is 1. The van der Waals surface area contributed by atoms with Gasteiger partial charge in [0.25, 0.3) is 0 Å². The summed E-state index contributed by atoms with van der Waals surface area (Å²) in [6.45, 7) is 6.84. The fourth-order valence-electron chi connectivity index (χ4n) is 1.64. The van der Waals surface area contributed by atoms with Gasteiger partial charge in [-0.3, -0.25) is 0 Å². The Bertz CT molecular complexity index is 466. The van der Waals surface area contributed by atoms with Crippen molar-refractivity contribution in [2.75, 3.05) is 0 Å². The minimum absolute atomic E-state index is 0.269. The summed E-state index contributed by atoms with van der Waals surface area (Å²) in [5.74, 6) is -1.42. The molecular formula is C14H20F2N2O2. The highest BCUT2D eigenvalue weighted by Crippen LogP contribution is 2.18. The van der Waals surface area contributed by atoms with Crippen molar-refractivity contribution >= 4 is 6.09 Å². The largest absolute Gasteiger partial charge is 0.444 e. The predicted octanol–water partition coefficient (Wildman–Crippen LogP) is 2.88. The van der Waals surface area contributed by atoms with Gasteiger partial charge in [0.1, 0.15) is 17.2 Å². The van der Waals surface area contributed by atoms with E-state index in [9.17, 15) is 13.6 Å². The van der Waals surface area contributed by atoms with Crippen LogP contribution in [0.5, 0.6) is 0 Å². The van der Waals surface area contributed by atoms with Crippen LogP contribution in [0.15, 0.2) is 18.2 Å². The van der Waals surface area contributed by atoms with Crippen LogP contribution < -0.4 is 11.1 Å². The van der Waals surface area contributed by atoms with Crippen molar-refractivity contribution in [2.45, 2.75) is 45.4 Å². The second kappa shape index (κ2) is 6.17. The van der Waals surface area contributed by atoms with Gasteiger partial charge in [-0.1, -0.05) is 0 Å². The number of nitrogens with one attached hydrogen (secondary N) is 1. The van der Waals surface area contributed by atoms with E-state index in [0.29, 0.717) is 0 Å². The molecule has 4 nitrogen and oxygen atoms in total. The van der Waals surface area contributed by atoms with Gasteiger partial charge in [-0.2, -0.15) is 0 Å². The molecular weight excluding hydrogens is 266 g/mol. The van der Waals surface area contributed by atoms with Crippen LogP contribution in [0.4, 0.5) is 13.6 Å². The van der Waals surface area contributed by atoms with Crippen molar-refractivity contribution in [3.05, 3.63) is 35.4 Å². The van der Waals surface area contributed by atoms with E-state index < -0.39 is 35.4 Å². The van der Waals surface area contributed by atoms with Crippen LogP contribution in [0.2, 0.25) is 0 Å². The second-order valence-electron chi connectivity index (χ2n) is 5.66. The average Bonchev–Trinajstić information content (AvgIpc) is 2.23. The van der Waals surface area contributed by atoms with Gasteiger partial charge in [0.2, 0.25) is 0 Å². The van der Waals surface area contributed by atoms with Gasteiger partial charge in [-0.25, -0.2) is 13.6 Å². The number of alkyl carbamates (subject to hydrolysis) is 1. The molecule has 2 atom stereocenters. The Morgan fingerprint density at radius 3 is 2.20 bits per heavy atom. The Morgan fingerprint density at radius 1 is 1.25 bits per heavy atom. The summed E-state index contributed by atoms with van der Waals surface area (Å²) >= 11 is 0. The van der Waals surface area contributed by atoms with Gasteiger partial charge in [0.05, 0.1) is 6.04 Å². The van der Waals surface area contributed by atoms with E-state index in [-0.39, 0.29) is 5.56 Å². The van der Waals surface area contributed by atoms with Crippen molar-refractivity contribution in [2.24, 2.45) is 5.73 Å². The van der Waals surface area contributed by atoms with Crippen LogP contribution >= 0.6 is 0 Å². The number of hydrogen-bond donors (Lipinski definition) is 2. The summed E-state index contributed by atoms with van der Waals surface area (Å²) < 4.78 is 31.3. The van der Waals surface area contributed by atoms with Gasteiger partial charge >= 0.3 is 6.09 Å². The molecule has 1 amide bonds. The minimum atomic E-state index is -0.743. The summed E-state index contributed by atoms with van der Waals surface area (Å²) in [6, 6.07) is 1.77. The lowest BCUT2D eigenvalue weighted by molar-refractivity contribution is 0.0501. The summed E-state index contributed by atoms with van der Waals surface area (Å²) in [7, 11) is 0. The second-order valence-corrected chi connectivity index (χ2v) is 5.66. The van der Waals surface area contributed by atoms with Crippen LogP contribution in [-0.2, 0) is 4.74 Å². The molecule has 0 saturated carbocycles. The molecule has 112 valence electrons. The molecule has 0 saturated heterocycles. The molecule has 1 aromatic rings. The first-order chi connectivity index (χ1) is 9.08. The molecule has 20 heavy (non-hydrogen) atoms. The number of rotatable bonds is 3. The van der Waals surface area contributed by atoms with Gasteiger partial charge in [0.15, 0.2) is 0 Å². The van der Waals surface area contributed by atoms with Crippen LogP contribution in [0, 0.1) is 11.6 Å². The lowest BCUT2D eigenvalue weighted by Crippen LogP contribution is -2.43. The number of benzene rings is 1. The molecule has 0 aliphatic carbocycles. The maximum atomic E-state index is 13.1. The Labute approximate surface area is 117 Å². The van der Waals surface area contributed by atoms with Crippen molar-refractivity contribution in [3.8, 4) is 0 Å². The topological polar surface area (TPSA) is 64.3 Å². The number of carbonyl (C=O) groups excluding carboxylic acids is 1. The lowest BCUT2D eigenvalue weighted by atomic mass is 10.0. The molecule has 6 heteroatoms. The third kappa shape index (κ3) is 5.13. The summed E-state index contributed by atoms with van der Waals surface area (Å²) in [4.78, 5) is 11.6. The molecule has 0 heterocycles. The number of nitrogens with two attached hydrogens (primary N) is 1. The van der Waals surface area contributed by atoms with Crippen LogP contribution in [0.3, 0.4) is 0 Å². The quantitative estimate of drug-likeness (QED) is 0.898. The first-order valence-electron chi connectivity index (χ1n) is 6.29. The van der Waals surface area contributed by atoms with E-state index in [2.05, 4.69) is 5.32 Å². The zero-order valence-electron chi connectivity index (χ0n) is 12.0. The molecule has 1 aromatic carbocycles. The minimum Gasteiger partial charge on any atom is -0.444 e. The number of amides is 1. The molecule has 0 fully saturated rings. The van der Waals surface area contributed by atoms with Gasteiger partial charge in [0, 0.05) is 12.1 Å². The van der Waals surface area contributed by atoms with E-state index in [0.717, 1.165) is 18.2 Å². The molecule has 1 rings (SSSR count). The highest BCUT2D eigenvalue weighted by molar-refractivity contribution is 5.68. The average molecular weight is 286 g/mol. The van der Waals surface area contributed by atoms with E-state index in [4.69, 9.17) is 10.5 Å². The standard InChI is InChI=1S/C14H20F2N2O2/c1-8(18-13(19)20-14(2,3)4)12(17)9-5-10(15)7-11(16)6-9/h5-8,12H,17H2,1-4H3,(H,18,19)/t8-,12-/m0/s1. The molecule has 0 radical (unpaired) electrons. The monoisotopic (exact) mass is 286 g/mol. The Hall–Kier alpha value is -1.69. The molecule has 0 bridgehead atoms. The summed E-state index contributed by atoms with van der Waals surface area (Å²) in [6.07, 6.45) is -0.627. The molecule has 0 aromatic heterocycles. The highest BCUT2D eigenvalue weighted by Gasteiger charge is 2.22. The number of halogens is 2. The third-order valence-electron chi connectivity index (χ3n) is 2.55. The first-order valence-corrected chi connectivity index (χ1v) is 6.29. The van der Waals surface area contributed by atoms with Crippen molar-refractivity contribution in [1.82, 2.24) is 5.32 Å². The molecule has 0 aliphatic rings. The zero-order valence-corrected chi connectivity index (χ0v) is 12.0. The molecule has 3 N–H and O–H groups in total. The summed E-state index contributed by atoms with van der Waals surface area (Å²) in [5, 5.41) is 2.54. The zero-order chi connectivity index (χ0) is 15.5. The highest BCUT2D eigenvalue weighted by atomic mass is 19.1. The van der Waals surface area contributed by atoms with Gasteiger partial charge in [-0.15, -0.1) is 0 Å². The van der Waals surface area contributed by atoms with Crippen molar-refractivity contribution < 1.29 is 18.3 Å². The van der Waals surface area contributed by atoms with Crippen molar-refractivity contribution in [1.29, 1.82) is 0 Å². The third-order valence-corrected chi connectivity index (χ3v) is 2.55. The Balaban J connectivity index is 2.71. The molecule has 0 aliphatic heterocycles. The Morgan fingerprint density at radius 2 is 1.75 bits per heavy atom. The first kappa shape index (κ1) is 16.4. The van der Waals surface area contributed by atoms with Crippen LogP contribution in [0.25, 0.3) is 0 Å². The normalized spacial score (nSPS) is 14.6. The van der Waals surface area contributed by atoms with Crippen molar-refractivity contribution in [3.63, 3.8) is 0 Å². The smallest absolute Gasteiger partial charge is 0.407 e. The Kier molecular flexibility index (Phi) is 5.05. The van der Waals surface area contributed by atoms with E-state index in [1.165, 1.54) is 0 Å². The molecule has 0 unspecified atom stereocenters. The molecule has 0 spiro atoms. The van der Waals surface area contributed by atoms with E-state index in [1.54, 1.807) is 27.7 Å². The van der Waals surface area contributed by atoms with Gasteiger partial charge < -0.3 is 15.8 Å². The number of ether oxygens (including phenoxy) is 1. The lowest BCUT2D eigenvalue weighted by Gasteiger charge is -2.25. The SMILES string of the molecule is C[C@H](NC(=O)OC(C)(C)C)[C@H](N)c1cc(F)cc(F)c1. The van der Waals surface area contributed by atoms with Crippen LogP contribution in [-0.4, -0.2) is 17.7 Å². The van der Waals surface area contributed by atoms with Gasteiger partial charge in [-0.05, 0) is 45.4 Å². The fourth-order valence-corrected chi connectivity index (χ4v) is 1.64. The fraction of sp³-hybridized carbons (Fsp3) is 0.500. The predicted molar refractivity (Wildman–Crippen MR) is 72.1 cm³/mol. The van der Waals surface area contributed by atoms with E-state index >= 15 is 0 Å². The maximum Gasteiger partial charge on any atom is 0.407 e. The van der Waals surface area contributed by atoms with E-state index in [1.807, 2.05) is 0 Å². The maximum absolute atomic E-state index is 13.1.